The SMILES string of the molecule is CC(C#N)(CCN1CCCC1(C)C)NC1CC1. The molecule has 1 N–H and O–H groups in total. The van der Waals surface area contributed by atoms with Gasteiger partial charge in [-0.15, -0.1) is 0 Å². The molecule has 96 valence electrons. The lowest BCUT2D eigenvalue weighted by Crippen LogP contribution is -2.47. The predicted molar refractivity (Wildman–Crippen MR) is 69.7 cm³/mol. The number of rotatable bonds is 5. The Labute approximate surface area is 105 Å². The molecule has 0 bridgehead atoms. The summed E-state index contributed by atoms with van der Waals surface area (Å²) in [7, 11) is 0. The van der Waals surface area contributed by atoms with Crippen LogP contribution in [0.5, 0.6) is 0 Å². The van der Waals surface area contributed by atoms with Crippen LogP contribution >= 0.6 is 0 Å². The monoisotopic (exact) mass is 235 g/mol. The molecular weight excluding hydrogens is 210 g/mol. The molecule has 2 aliphatic rings. The van der Waals surface area contributed by atoms with Crippen LogP contribution in [0.3, 0.4) is 0 Å². The summed E-state index contributed by atoms with van der Waals surface area (Å²) >= 11 is 0. The summed E-state index contributed by atoms with van der Waals surface area (Å²) in [6.07, 6.45) is 6.00. The summed E-state index contributed by atoms with van der Waals surface area (Å²) in [5, 5.41) is 12.8. The summed E-state index contributed by atoms with van der Waals surface area (Å²) < 4.78 is 0. The zero-order valence-electron chi connectivity index (χ0n) is 11.4. The fourth-order valence-electron chi connectivity index (χ4n) is 2.77. The Morgan fingerprint density at radius 3 is 2.65 bits per heavy atom. The van der Waals surface area contributed by atoms with Gasteiger partial charge >= 0.3 is 0 Å². The average molecular weight is 235 g/mol. The zero-order chi connectivity index (χ0) is 12.5. The van der Waals surface area contributed by atoms with Gasteiger partial charge in [-0.3, -0.25) is 10.2 Å². The highest BCUT2D eigenvalue weighted by Crippen LogP contribution is 2.30. The molecule has 1 aliphatic heterocycles. The van der Waals surface area contributed by atoms with Crippen LogP contribution in [0.4, 0.5) is 0 Å². The Kier molecular flexibility index (Phi) is 3.47. The van der Waals surface area contributed by atoms with Crippen LogP contribution in [0.25, 0.3) is 0 Å². The van der Waals surface area contributed by atoms with Gasteiger partial charge in [0.05, 0.1) is 6.07 Å². The van der Waals surface area contributed by atoms with Crippen LogP contribution in [-0.2, 0) is 0 Å². The fourth-order valence-corrected chi connectivity index (χ4v) is 2.77. The van der Waals surface area contributed by atoms with Gasteiger partial charge in [0, 0.05) is 18.1 Å². The van der Waals surface area contributed by atoms with Crippen LogP contribution in [0, 0.1) is 11.3 Å². The molecule has 1 atom stereocenters. The third kappa shape index (κ3) is 3.20. The van der Waals surface area contributed by atoms with Gasteiger partial charge < -0.3 is 0 Å². The van der Waals surface area contributed by atoms with Crippen molar-refractivity contribution in [2.24, 2.45) is 0 Å². The molecule has 0 aromatic heterocycles. The standard InChI is InChI=1S/C14H25N3/c1-13(2)7-4-9-17(13)10-8-14(3,11-15)16-12-5-6-12/h12,16H,4-10H2,1-3H3. The van der Waals surface area contributed by atoms with Gasteiger partial charge in [0.15, 0.2) is 0 Å². The Balaban J connectivity index is 1.85. The first-order valence-electron chi connectivity index (χ1n) is 6.89. The molecule has 17 heavy (non-hydrogen) atoms. The van der Waals surface area contributed by atoms with Gasteiger partial charge in [-0.1, -0.05) is 0 Å². The number of nitrogens with one attached hydrogen (secondary N) is 1. The fraction of sp³-hybridized carbons (Fsp3) is 0.929. The largest absolute Gasteiger partial charge is 0.298 e. The average Bonchev–Trinajstić information content (AvgIpc) is 3.00. The van der Waals surface area contributed by atoms with E-state index in [9.17, 15) is 5.26 Å². The predicted octanol–water partition coefficient (Wildman–Crippen LogP) is 2.29. The Morgan fingerprint density at radius 2 is 2.18 bits per heavy atom. The minimum absolute atomic E-state index is 0.329. The molecule has 1 saturated heterocycles. The van der Waals surface area contributed by atoms with E-state index in [4.69, 9.17) is 0 Å². The van der Waals surface area contributed by atoms with Crippen molar-refractivity contribution in [2.45, 2.75) is 70.0 Å². The first kappa shape index (κ1) is 12.9. The lowest BCUT2D eigenvalue weighted by atomic mass is 9.97. The first-order valence-corrected chi connectivity index (χ1v) is 6.89. The van der Waals surface area contributed by atoms with E-state index in [1.165, 1.54) is 32.2 Å². The Bertz CT molecular complexity index is 314. The second-order valence-corrected chi connectivity index (χ2v) is 6.52. The van der Waals surface area contributed by atoms with Gasteiger partial charge in [0.25, 0.3) is 0 Å². The van der Waals surface area contributed by atoms with Gasteiger partial charge in [0.2, 0.25) is 0 Å². The van der Waals surface area contributed by atoms with Gasteiger partial charge in [-0.05, 0) is 59.4 Å². The van der Waals surface area contributed by atoms with Gasteiger partial charge in [-0.25, -0.2) is 0 Å². The zero-order valence-corrected chi connectivity index (χ0v) is 11.4. The lowest BCUT2D eigenvalue weighted by Gasteiger charge is -2.34. The molecule has 0 amide bonds. The number of nitrogens with zero attached hydrogens (tertiary/aromatic N) is 2. The van der Waals surface area contributed by atoms with Gasteiger partial charge in [0.1, 0.15) is 5.54 Å². The van der Waals surface area contributed by atoms with Crippen LogP contribution < -0.4 is 5.32 Å². The number of hydrogen-bond acceptors (Lipinski definition) is 3. The van der Waals surface area contributed by atoms with Crippen molar-refractivity contribution in [3.05, 3.63) is 0 Å². The number of nitriles is 1. The molecule has 1 aliphatic carbocycles. The quantitative estimate of drug-likeness (QED) is 0.794. The van der Waals surface area contributed by atoms with Crippen molar-refractivity contribution in [2.75, 3.05) is 13.1 Å². The molecule has 2 fully saturated rings. The summed E-state index contributed by atoms with van der Waals surface area (Å²) in [4.78, 5) is 2.54. The highest BCUT2D eigenvalue weighted by molar-refractivity contribution is 5.08. The first-order chi connectivity index (χ1) is 7.95. The van der Waals surface area contributed by atoms with E-state index in [-0.39, 0.29) is 5.54 Å². The van der Waals surface area contributed by atoms with E-state index in [0.29, 0.717) is 11.6 Å². The van der Waals surface area contributed by atoms with Crippen molar-refractivity contribution in [3.63, 3.8) is 0 Å². The van der Waals surface area contributed by atoms with E-state index in [1.54, 1.807) is 0 Å². The number of likely N-dealkylation sites (tertiary alicyclic amines) is 1. The summed E-state index contributed by atoms with van der Waals surface area (Å²) in [6, 6.07) is 3.07. The normalized spacial score (nSPS) is 27.6. The maximum Gasteiger partial charge on any atom is 0.105 e. The molecule has 2 rings (SSSR count). The van der Waals surface area contributed by atoms with Crippen molar-refractivity contribution in [1.29, 1.82) is 5.26 Å². The van der Waals surface area contributed by atoms with Crippen molar-refractivity contribution in [3.8, 4) is 6.07 Å². The second kappa shape index (κ2) is 4.59. The molecule has 0 aromatic rings. The van der Waals surface area contributed by atoms with Crippen LogP contribution in [0.1, 0.15) is 52.9 Å². The minimum atomic E-state index is -0.333. The van der Waals surface area contributed by atoms with Crippen molar-refractivity contribution in [1.82, 2.24) is 10.2 Å². The van der Waals surface area contributed by atoms with Crippen molar-refractivity contribution >= 4 is 0 Å². The van der Waals surface area contributed by atoms with Crippen LogP contribution in [0.15, 0.2) is 0 Å². The lowest BCUT2D eigenvalue weighted by molar-refractivity contribution is 0.161. The smallest absolute Gasteiger partial charge is 0.105 e. The third-order valence-corrected chi connectivity index (χ3v) is 4.30. The molecule has 0 spiro atoms. The highest BCUT2D eigenvalue weighted by Gasteiger charge is 2.36. The van der Waals surface area contributed by atoms with Gasteiger partial charge in [-0.2, -0.15) is 5.26 Å². The molecular formula is C14H25N3. The van der Waals surface area contributed by atoms with E-state index < -0.39 is 0 Å². The Morgan fingerprint density at radius 1 is 1.47 bits per heavy atom. The van der Waals surface area contributed by atoms with Crippen LogP contribution in [-0.4, -0.2) is 35.1 Å². The van der Waals surface area contributed by atoms with E-state index in [1.807, 2.05) is 6.92 Å². The van der Waals surface area contributed by atoms with E-state index in [2.05, 4.69) is 30.1 Å². The van der Waals surface area contributed by atoms with E-state index in [0.717, 1.165) is 13.0 Å². The minimum Gasteiger partial charge on any atom is -0.298 e. The van der Waals surface area contributed by atoms with Crippen molar-refractivity contribution < 1.29 is 0 Å². The highest BCUT2D eigenvalue weighted by atomic mass is 15.2. The molecule has 1 saturated carbocycles. The third-order valence-electron chi connectivity index (χ3n) is 4.30. The molecule has 1 heterocycles. The summed E-state index contributed by atoms with van der Waals surface area (Å²) in [6.45, 7) is 8.92. The number of hydrogen-bond donors (Lipinski definition) is 1. The van der Waals surface area contributed by atoms with E-state index >= 15 is 0 Å². The molecule has 1 unspecified atom stereocenters. The molecule has 0 aromatic carbocycles. The second-order valence-electron chi connectivity index (χ2n) is 6.52. The molecule has 3 nitrogen and oxygen atoms in total. The molecule has 3 heteroatoms. The summed E-state index contributed by atoms with van der Waals surface area (Å²) in [5.41, 5.74) is -0.00418. The topological polar surface area (TPSA) is 39.1 Å². The molecule has 0 radical (unpaired) electrons. The maximum absolute atomic E-state index is 9.33. The summed E-state index contributed by atoms with van der Waals surface area (Å²) in [5.74, 6) is 0. The maximum atomic E-state index is 9.33. The Hall–Kier alpha value is -0.590. The van der Waals surface area contributed by atoms with Crippen LogP contribution in [0.2, 0.25) is 0 Å².